The zero-order valence-corrected chi connectivity index (χ0v) is 10.4. The first-order valence-electron chi connectivity index (χ1n) is 5.33. The van der Waals surface area contributed by atoms with Crippen LogP contribution in [0.5, 0.6) is 0 Å². The number of hydrogen-bond acceptors (Lipinski definition) is 4. The average molecular weight is 225 g/mol. The molecular formula is C11H19N3S. The van der Waals surface area contributed by atoms with Gasteiger partial charge in [-0.25, -0.2) is 0 Å². The lowest BCUT2D eigenvalue weighted by molar-refractivity contribution is 0.501. The summed E-state index contributed by atoms with van der Waals surface area (Å²) >= 11 is 1.95. The van der Waals surface area contributed by atoms with E-state index in [1.165, 1.54) is 5.75 Å². The van der Waals surface area contributed by atoms with Crippen molar-refractivity contribution in [3.8, 4) is 0 Å². The molecule has 1 heterocycles. The molecule has 1 aromatic heterocycles. The largest absolute Gasteiger partial charge is 0.305 e. The van der Waals surface area contributed by atoms with Crippen molar-refractivity contribution in [2.24, 2.45) is 0 Å². The molecule has 15 heavy (non-hydrogen) atoms. The van der Waals surface area contributed by atoms with Gasteiger partial charge in [0.2, 0.25) is 0 Å². The van der Waals surface area contributed by atoms with Crippen LogP contribution in [0.2, 0.25) is 0 Å². The highest BCUT2D eigenvalue weighted by molar-refractivity contribution is 7.99. The van der Waals surface area contributed by atoms with Gasteiger partial charge in [-0.05, 0) is 19.6 Å². The smallest absolute Gasteiger partial charge is 0.0753 e. The van der Waals surface area contributed by atoms with Crippen LogP contribution in [0.15, 0.2) is 18.6 Å². The van der Waals surface area contributed by atoms with Gasteiger partial charge in [-0.15, -0.1) is 0 Å². The molecule has 0 saturated heterocycles. The Morgan fingerprint density at radius 3 is 2.80 bits per heavy atom. The molecule has 2 atom stereocenters. The summed E-state index contributed by atoms with van der Waals surface area (Å²) in [4.78, 5) is 8.35. The van der Waals surface area contributed by atoms with Crippen LogP contribution in [-0.4, -0.2) is 27.5 Å². The SMILES string of the molecule is CCSCC(C)NC(C)c1cnccn1. The van der Waals surface area contributed by atoms with Gasteiger partial charge in [0.15, 0.2) is 0 Å². The minimum absolute atomic E-state index is 0.270. The van der Waals surface area contributed by atoms with Crippen molar-refractivity contribution in [2.45, 2.75) is 32.9 Å². The number of thioether (sulfide) groups is 1. The van der Waals surface area contributed by atoms with Crippen molar-refractivity contribution in [1.82, 2.24) is 15.3 Å². The van der Waals surface area contributed by atoms with Crippen LogP contribution < -0.4 is 5.32 Å². The van der Waals surface area contributed by atoms with Gasteiger partial charge in [0.05, 0.1) is 5.69 Å². The third kappa shape index (κ3) is 4.62. The molecule has 0 aliphatic rings. The Bertz CT molecular complexity index is 266. The Balaban J connectivity index is 2.38. The molecule has 1 rings (SSSR count). The van der Waals surface area contributed by atoms with Crippen LogP contribution in [0.1, 0.15) is 32.5 Å². The Hall–Kier alpha value is -0.610. The maximum Gasteiger partial charge on any atom is 0.0753 e. The van der Waals surface area contributed by atoms with E-state index in [9.17, 15) is 0 Å². The summed E-state index contributed by atoms with van der Waals surface area (Å²) < 4.78 is 0. The fraction of sp³-hybridized carbons (Fsp3) is 0.636. The van der Waals surface area contributed by atoms with Crippen molar-refractivity contribution < 1.29 is 0 Å². The summed E-state index contributed by atoms with van der Waals surface area (Å²) in [6.07, 6.45) is 5.25. The van der Waals surface area contributed by atoms with E-state index in [0.717, 1.165) is 11.4 Å². The second-order valence-corrected chi connectivity index (χ2v) is 4.90. The van der Waals surface area contributed by atoms with Crippen molar-refractivity contribution in [3.05, 3.63) is 24.3 Å². The lowest BCUT2D eigenvalue weighted by Crippen LogP contribution is -2.31. The molecule has 1 aromatic rings. The molecular weight excluding hydrogens is 206 g/mol. The summed E-state index contributed by atoms with van der Waals surface area (Å²) in [6, 6.07) is 0.776. The van der Waals surface area contributed by atoms with E-state index in [4.69, 9.17) is 0 Å². The highest BCUT2D eigenvalue weighted by atomic mass is 32.2. The molecule has 0 aliphatic heterocycles. The first-order valence-corrected chi connectivity index (χ1v) is 6.49. The number of hydrogen-bond donors (Lipinski definition) is 1. The van der Waals surface area contributed by atoms with Gasteiger partial charge in [0.1, 0.15) is 0 Å². The van der Waals surface area contributed by atoms with Crippen molar-refractivity contribution >= 4 is 11.8 Å². The summed E-state index contributed by atoms with van der Waals surface area (Å²) in [7, 11) is 0. The standard InChI is InChI=1S/C11H19N3S/c1-4-15-8-9(2)14-10(3)11-7-12-5-6-13-11/h5-7,9-10,14H,4,8H2,1-3H3. The fourth-order valence-corrected chi connectivity index (χ4v) is 2.07. The number of nitrogens with one attached hydrogen (secondary N) is 1. The number of rotatable bonds is 6. The normalized spacial score (nSPS) is 14.9. The molecule has 0 fully saturated rings. The molecule has 0 amide bonds. The third-order valence-corrected chi connectivity index (χ3v) is 3.28. The fourth-order valence-electron chi connectivity index (χ4n) is 1.39. The molecule has 4 heteroatoms. The number of aromatic nitrogens is 2. The van der Waals surface area contributed by atoms with Crippen LogP contribution in [-0.2, 0) is 0 Å². The Morgan fingerprint density at radius 2 is 2.20 bits per heavy atom. The second kappa shape index (κ2) is 6.80. The molecule has 84 valence electrons. The summed E-state index contributed by atoms with van der Waals surface area (Å²) in [5.74, 6) is 2.31. The quantitative estimate of drug-likeness (QED) is 0.806. The zero-order valence-electron chi connectivity index (χ0n) is 9.60. The van der Waals surface area contributed by atoms with E-state index in [-0.39, 0.29) is 6.04 Å². The Kier molecular flexibility index (Phi) is 5.65. The van der Waals surface area contributed by atoms with Crippen LogP contribution in [0, 0.1) is 0 Å². The lowest BCUT2D eigenvalue weighted by atomic mass is 10.2. The zero-order chi connectivity index (χ0) is 11.1. The summed E-state index contributed by atoms with van der Waals surface area (Å²) in [5, 5.41) is 3.51. The van der Waals surface area contributed by atoms with E-state index in [2.05, 4.69) is 36.1 Å². The molecule has 0 aromatic carbocycles. The molecule has 0 bridgehead atoms. The minimum Gasteiger partial charge on any atom is -0.305 e. The van der Waals surface area contributed by atoms with Crippen molar-refractivity contribution in [2.75, 3.05) is 11.5 Å². The third-order valence-electron chi connectivity index (χ3n) is 2.13. The summed E-state index contributed by atoms with van der Waals surface area (Å²) in [6.45, 7) is 6.51. The van der Waals surface area contributed by atoms with Crippen LogP contribution >= 0.6 is 11.8 Å². The molecule has 3 nitrogen and oxygen atoms in total. The van der Waals surface area contributed by atoms with Crippen molar-refractivity contribution in [3.63, 3.8) is 0 Å². The van der Waals surface area contributed by atoms with E-state index in [1.54, 1.807) is 12.4 Å². The molecule has 0 saturated carbocycles. The van der Waals surface area contributed by atoms with Gasteiger partial charge < -0.3 is 5.32 Å². The second-order valence-electron chi connectivity index (χ2n) is 3.58. The van der Waals surface area contributed by atoms with Gasteiger partial charge in [-0.2, -0.15) is 11.8 Å². The monoisotopic (exact) mass is 225 g/mol. The maximum absolute atomic E-state index is 4.28. The highest BCUT2D eigenvalue weighted by Gasteiger charge is 2.09. The van der Waals surface area contributed by atoms with Crippen molar-refractivity contribution in [1.29, 1.82) is 0 Å². The van der Waals surface area contributed by atoms with Gasteiger partial charge in [0, 0.05) is 36.4 Å². The van der Waals surface area contributed by atoms with Crippen LogP contribution in [0.3, 0.4) is 0 Å². The Morgan fingerprint density at radius 1 is 1.40 bits per heavy atom. The van der Waals surface area contributed by atoms with Gasteiger partial charge >= 0.3 is 0 Å². The molecule has 0 radical (unpaired) electrons. The minimum atomic E-state index is 0.270. The first kappa shape index (κ1) is 12.5. The van der Waals surface area contributed by atoms with Crippen LogP contribution in [0.4, 0.5) is 0 Å². The molecule has 2 unspecified atom stereocenters. The molecule has 0 aliphatic carbocycles. The molecule has 1 N–H and O–H groups in total. The average Bonchev–Trinajstić information content (AvgIpc) is 2.27. The summed E-state index contributed by atoms with van der Waals surface area (Å²) in [5.41, 5.74) is 1.01. The topological polar surface area (TPSA) is 37.8 Å². The molecule has 0 spiro atoms. The van der Waals surface area contributed by atoms with Crippen LogP contribution in [0.25, 0.3) is 0 Å². The first-order chi connectivity index (χ1) is 7.24. The lowest BCUT2D eigenvalue weighted by Gasteiger charge is -2.18. The van der Waals surface area contributed by atoms with E-state index < -0.39 is 0 Å². The van der Waals surface area contributed by atoms with E-state index in [1.807, 2.05) is 18.0 Å². The number of nitrogens with zero attached hydrogens (tertiary/aromatic N) is 2. The van der Waals surface area contributed by atoms with Gasteiger partial charge in [-0.3, -0.25) is 9.97 Å². The predicted octanol–water partition coefficient (Wildman–Crippen LogP) is 2.27. The predicted molar refractivity (Wildman–Crippen MR) is 66.0 cm³/mol. The maximum atomic E-state index is 4.28. The highest BCUT2D eigenvalue weighted by Crippen LogP contribution is 2.10. The Labute approximate surface area is 96.1 Å². The van der Waals surface area contributed by atoms with E-state index >= 15 is 0 Å². The van der Waals surface area contributed by atoms with Gasteiger partial charge in [-0.1, -0.05) is 6.92 Å². The van der Waals surface area contributed by atoms with Gasteiger partial charge in [0.25, 0.3) is 0 Å². The van der Waals surface area contributed by atoms with E-state index in [0.29, 0.717) is 6.04 Å².